The van der Waals surface area contributed by atoms with Crippen LogP contribution in [0.3, 0.4) is 0 Å². The number of hydrogen-bond acceptors (Lipinski definition) is 3. The highest BCUT2D eigenvalue weighted by molar-refractivity contribution is 5.28. The first-order valence-corrected chi connectivity index (χ1v) is 7.31. The maximum Gasteiger partial charge on any atom is 0.119 e. The molecular weight excluding hydrogens is 238 g/mol. The van der Waals surface area contributed by atoms with E-state index in [4.69, 9.17) is 9.47 Å². The summed E-state index contributed by atoms with van der Waals surface area (Å²) in [6, 6.07) is 8.71. The molecule has 1 unspecified atom stereocenters. The first-order chi connectivity index (χ1) is 9.27. The summed E-state index contributed by atoms with van der Waals surface area (Å²) in [5, 5.41) is 3.50. The SMILES string of the molecule is CCCOc1ccc(C(C)NCCCOCC)cc1. The molecule has 0 spiro atoms. The molecule has 0 bridgehead atoms. The molecule has 19 heavy (non-hydrogen) atoms. The van der Waals surface area contributed by atoms with E-state index < -0.39 is 0 Å². The molecule has 0 heterocycles. The predicted molar refractivity (Wildman–Crippen MR) is 79.8 cm³/mol. The van der Waals surface area contributed by atoms with E-state index in [9.17, 15) is 0 Å². The molecule has 1 aromatic carbocycles. The molecule has 1 rings (SSSR count). The number of rotatable bonds is 10. The van der Waals surface area contributed by atoms with Crippen LogP contribution in [0.25, 0.3) is 0 Å². The van der Waals surface area contributed by atoms with Crippen LogP contribution in [0.5, 0.6) is 5.75 Å². The molecule has 1 atom stereocenters. The fraction of sp³-hybridized carbons (Fsp3) is 0.625. The number of benzene rings is 1. The van der Waals surface area contributed by atoms with Crippen molar-refractivity contribution in [1.29, 1.82) is 0 Å². The van der Waals surface area contributed by atoms with Crippen LogP contribution >= 0.6 is 0 Å². The van der Waals surface area contributed by atoms with Crippen molar-refractivity contribution >= 4 is 0 Å². The molecule has 0 radical (unpaired) electrons. The van der Waals surface area contributed by atoms with Crippen molar-refractivity contribution in [2.75, 3.05) is 26.4 Å². The maximum atomic E-state index is 5.58. The third kappa shape index (κ3) is 6.60. The molecule has 0 aliphatic heterocycles. The third-order valence-electron chi connectivity index (χ3n) is 2.97. The van der Waals surface area contributed by atoms with Crippen molar-refractivity contribution in [3.05, 3.63) is 29.8 Å². The maximum absolute atomic E-state index is 5.58. The molecule has 3 nitrogen and oxygen atoms in total. The molecule has 3 heteroatoms. The van der Waals surface area contributed by atoms with Crippen LogP contribution in [-0.2, 0) is 4.74 Å². The molecule has 1 aromatic rings. The topological polar surface area (TPSA) is 30.5 Å². The van der Waals surface area contributed by atoms with Crippen LogP contribution < -0.4 is 10.1 Å². The van der Waals surface area contributed by atoms with E-state index in [-0.39, 0.29) is 0 Å². The quantitative estimate of drug-likeness (QED) is 0.656. The lowest BCUT2D eigenvalue weighted by Gasteiger charge is -2.15. The highest BCUT2D eigenvalue weighted by Crippen LogP contribution is 2.17. The Kier molecular flexibility index (Phi) is 8.26. The normalized spacial score (nSPS) is 12.4. The minimum absolute atomic E-state index is 0.363. The summed E-state index contributed by atoms with van der Waals surface area (Å²) >= 11 is 0. The highest BCUT2D eigenvalue weighted by Gasteiger charge is 2.04. The van der Waals surface area contributed by atoms with Gasteiger partial charge >= 0.3 is 0 Å². The second kappa shape index (κ2) is 9.82. The number of ether oxygens (including phenoxy) is 2. The first kappa shape index (κ1) is 16.0. The minimum Gasteiger partial charge on any atom is -0.494 e. The van der Waals surface area contributed by atoms with Crippen LogP contribution in [0, 0.1) is 0 Å². The van der Waals surface area contributed by atoms with Gasteiger partial charge in [0.05, 0.1) is 6.61 Å². The van der Waals surface area contributed by atoms with E-state index in [0.717, 1.165) is 45.0 Å². The van der Waals surface area contributed by atoms with E-state index in [2.05, 4.69) is 31.3 Å². The lowest BCUT2D eigenvalue weighted by Crippen LogP contribution is -2.20. The number of nitrogens with one attached hydrogen (secondary N) is 1. The van der Waals surface area contributed by atoms with Gasteiger partial charge in [0.25, 0.3) is 0 Å². The number of hydrogen-bond donors (Lipinski definition) is 1. The van der Waals surface area contributed by atoms with Crippen molar-refractivity contribution in [1.82, 2.24) is 5.32 Å². The first-order valence-electron chi connectivity index (χ1n) is 7.31. The zero-order chi connectivity index (χ0) is 13.9. The zero-order valence-electron chi connectivity index (χ0n) is 12.4. The fourth-order valence-corrected chi connectivity index (χ4v) is 1.83. The Bertz CT molecular complexity index is 324. The van der Waals surface area contributed by atoms with Gasteiger partial charge in [0.2, 0.25) is 0 Å². The zero-order valence-corrected chi connectivity index (χ0v) is 12.4. The summed E-state index contributed by atoms with van der Waals surface area (Å²) in [4.78, 5) is 0. The Morgan fingerprint density at radius 3 is 2.47 bits per heavy atom. The van der Waals surface area contributed by atoms with Crippen molar-refractivity contribution in [2.45, 2.75) is 39.7 Å². The van der Waals surface area contributed by atoms with Gasteiger partial charge in [-0.2, -0.15) is 0 Å². The van der Waals surface area contributed by atoms with E-state index in [1.807, 2.05) is 19.1 Å². The summed E-state index contributed by atoms with van der Waals surface area (Å²) in [6.07, 6.45) is 2.09. The summed E-state index contributed by atoms with van der Waals surface area (Å²) in [5.74, 6) is 0.953. The molecule has 0 fully saturated rings. The monoisotopic (exact) mass is 265 g/mol. The second-order valence-electron chi connectivity index (χ2n) is 4.64. The highest BCUT2D eigenvalue weighted by atomic mass is 16.5. The minimum atomic E-state index is 0.363. The van der Waals surface area contributed by atoms with Gasteiger partial charge in [-0.1, -0.05) is 19.1 Å². The van der Waals surface area contributed by atoms with Crippen LogP contribution in [-0.4, -0.2) is 26.4 Å². The average Bonchev–Trinajstić information content (AvgIpc) is 2.45. The van der Waals surface area contributed by atoms with Crippen molar-refractivity contribution < 1.29 is 9.47 Å². The lowest BCUT2D eigenvalue weighted by atomic mass is 10.1. The molecule has 108 valence electrons. The largest absolute Gasteiger partial charge is 0.494 e. The molecule has 0 amide bonds. The molecule has 0 aliphatic rings. The van der Waals surface area contributed by atoms with E-state index in [1.165, 1.54) is 5.56 Å². The van der Waals surface area contributed by atoms with Crippen LogP contribution in [0.4, 0.5) is 0 Å². The van der Waals surface area contributed by atoms with Gasteiger partial charge < -0.3 is 14.8 Å². The molecule has 0 aliphatic carbocycles. The summed E-state index contributed by atoms with van der Waals surface area (Å²) < 4.78 is 10.9. The van der Waals surface area contributed by atoms with Gasteiger partial charge in [0.15, 0.2) is 0 Å². The van der Waals surface area contributed by atoms with Gasteiger partial charge in [-0.15, -0.1) is 0 Å². The second-order valence-corrected chi connectivity index (χ2v) is 4.64. The van der Waals surface area contributed by atoms with Crippen molar-refractivity contribution in [2.24, 2.45) is 0 Å². The Morgan fingerprint density at radius 2 is 1.84 bits per heavy atom. The molecule has 0 saturated heterocycles. The van der Waals surface area contributed by atoms with Gasteiger partial charge in [-0.05, 0) is 50.9 Å². The Morgan fingerprint density at radius 1 is 1.11 bits per heavy atom. The van der Waals surface area contributed by atoms with Gasteiger partial charge in [0.1, 0.15) is 5.75 Å². The Hall–Kier alpha value is -1.06. The van der Waals surface area contributed by atoms with Crippen molar-refractivity contribution in [3.8, 4) is 5.75 Å². The molecule has 0 saturated carbocycles. The average molecular weight is 265 g/mol. The lowest BCUT2D eigenvalue weighted by molar-refractivity contribution is 0.144. The fourth-order valence-electron chi connectivity index (χ4n) is 1.83. The molecular formula is C16H27NO2. The van der Waals surface area contributed by atoms with Crippen LogP contribution in [0.15, 0.2) is 24.3 Å². The standard InChI is InChI=1S/C16H27NO2/c1-4-12-19-16-9-7-15(8-10-16)14(3)17-11-6-13-18-5-2/h7-10,14,17H,4-6,11-13H2,1-3H3. The van der Waals surface area contributed by atoms with Crippen LogP contribution in [0.1, 0.15) is 45.2 Å². The van der Waals surface area contributed by atoms with E-state index >= 15 is 0 Å². The Labute approximate surface area is 117 Å². The summed E-state index contributed by atoms with van der Waals surface area (Å²) in [7, 11) is 0. The summed E-state index contributed by atoms with van der Waals surface area (Å²) in [6.45, 7) is 9.72. The van der Waals surface area contributed by atoms with Gasteiger partial charge in [-0.25, -0.2) is 0 Å². The summed E-state index contributed by atoms with van der Waals surface area (Å²) in [5.41, 5.74) is 1.29. The smallest absolute Gasteiger partial charge is 0.119 e. The van der Waals surface area contributed by atoms with E-state index in [0.29, 0.717) is 6.04 Å². The molecule has 1 N–H and O–H groups in total. The van der Waals surface area contributed by atoms with Crippen molar-refractivity contribution in [3.63, 3.8) is 0 Å². The van der Waals surface area contributed by atoms with Crippen LogP contribution in [0.2, 0.25) is 0 Å². The van der Waals surface area contributed by atoms with E-state index in [1.54, 1.807) is 0 Å². The Balaban J connectivity index is 2.29. The third-order valence-corrected chi connectivity index (χ3v) is 2.97. The molecule has 0 aromatic heterocycles. The van der Waals surface area contributed by atoms with Gasteiger partial charge in [-0.3, -0.25) is 0 Å². The van der Waals surface area contributed by atoms with Gasteiger partial charge in [0, 0.05) is 19.3 Å². The predicted octanol–water partition coefficient (Wildman–Crippen LogP) is 3.55.